The maximum atomic E-state index is 12.4. The lowest BCUT2D eigenvalue weighted by molar-refractivity contribution is -0.122. The molecule has 3 amide bonds. The van der Waals surface area contributed by atoms with Gasteiger partial charge in [-0.2, -0.15) is 0 Å². The summed E-state index contributed by atoms with van der Waals surface area (Å²) in [5.74, 6) is -0.418. The smallest absolute Gasteiger partial charge is 0.265 e. The molecule has 0 aliphatic carbocycles. The Hall–Kier alpha value is -3.55. The summed E-state index contributed by atoms with van der Waals surface area (Å²) >= 11 is 0. The minimum Gasteiger partial charge on any atom is -0.479 e. The van der Waals surface area contributed by atoms with Crippen LogP contribution in [0.1, 0.15) is 24.2 Å². The normalized spacial score (nSPS) is 16.4. The van der Waals surface area contributed by atoms with Crippen molar-refractivity contribution in [3.05, 3.63) is 48.0 Å². The maximum absolute atomic E-state index is 12.4. The average Bonchev–Trinajstić information content (AvgIpc) is 2.63. The van der Waals surface area contributed by atoms with Crippen LogP contribution < -0.4 is 26.4 Å². The molecule has 8 nitrogen and oxygen atoms in total. The van der Waals surface area contributed by atoms with Crippen LogP contribution in [0, 0.1) is 0 Å². The number of amides is 3. The summed E-state index contributed by atoms with van der Waals surface area (Å²) in [5, 5.41) is 8.59. The number of ether oxygens (including phenoxy) is 1. The van der Waals surface area contributed by atoms with E-state index in [9.17, 15) is 14.4 Å². The second-order valence-corrected chi connectivity index (χ2v) is 6.26. The second-order valence-electron chi connectivity index (χ2n) is 6.26. The number of nitrogens with one attached hydrogen (secondary N) is 3. The molecule has 1 aliphatic rings. The van der Waals surface area contributed by atoms with E-state index in [-0.39, 0.29) is 11.8 Å². The molecule has 0 saturated carbocycles. The number of rotatable bonds is 5. The van der Waals surface area contributed by atoms with E-state index in [0.717, 1.165) is 0 Å². The van der Waals surface area contributed by atoms with E-state index in [1.807, 2.05) is 0 Å². The molecule has 8 heteroatoms. The van der Waals surface area contributed by atoms with E-state index in [0.29, 0.717) is 28.4 Å². The molecule has 0 radical (unpaired) electrons. The van der Waals surface area contributed by atoms with Gasteiger partial charge in [-0.05, 0) is 56.3 Å². The number of anilines is 3. The number of hydrogen-bond acceptors (Lipinski definition) is 5. The summed E-state index contributed by atoms with van der Waals surface area (Å²) in [5.41, 5.74) is 7.33. The lowest BCUT2D eigenvalue weighted by atomic mass is 10.2. The molecule has 0 saturated heterocycles. The highest BCUT2D eigenvalue weighted by atomic mass is 16.5. The number of carbonyl (C=O) groups is 3. The molecule has 1 aliphatic heterocycles. The van der Waals surface area contributed by atoms with Crippen molar-refractivity contribution in [3.8, 4) is 5.75 Å². The maximum Gasteiger partial charge on any atom is 0.265 e. The highest BCUT2D eigenvalue weighted by Gasteiger charge is 2.24. The van der Waals surface area contributed by atoms with Crippen LogP contribution in [0.15, 0.2) is 42.5 Å². The van der Waals surface area contributed by atoms with Gasteiger partial charge in [0, 0.05) is 16.9 Å². The topological polar surface area (TPSA) is 123 Å². The average molecular weight is 368 g/mol. The van der Waals surface area contributed by atoms with E-state index < -0.39 is 18.1 Å². The van der Waals surface area contributed by atoms with Gasteiger partial charge in [0.05, 0.1) is 5.69 Å². The third-order valence-corrected chi connectivity index (χ3v) is 4.12. The van der Waals surface area contributed by atoms with Gasteiger partial charge in [0.2, 0.25) is 11.8 Å². The molecule has 2 atom stereocenters. The van der Waals surface area contributed by atoms with Gasteiger partial charge in [-0.25, -0.2) is 0 Å². The minimum absolute atomic E-state index is 0.218. The van der Waals surface area contributed by atoms with Crippen molar-refractivity contribution >= 4 is 34.8 Å². The van der Waals surface area contributed by atoms with Crippen molar-refractivity contribution in [2.24, 2.45) is 5.73 Å². The van der Waals surface area contributed by atoms with Gasteiger partial charge < -0.3 is 26.4 Å². The molecular formula is C19H20N4O4. The lowest BCUT2D eigenvalue weighted by Crippen LogP contribution is -2.34. The SMILES string of the molecule is C[C@@H](Nc1ccc2c(c1)NC(=O)[C@@H](C)O2)C(=O)Nc1ccc(C(N)=O)cc1. The van der Waals surface area contributed by atoms with Crippen LogP contribution in [-0.4, -0.2) is 29.9 Å². The Morgan fingerprint density at radius 3 is 2.48 bits per heavy atom. The fourth-order valence-corrected chi connectivity index (χ4v) is 2.58. The first kappa shape index (κ1) is 18.2. The summed E-state index contributed by atoms with van der Waals surface area (Å²) in [4.78, 5) is 35.2. The quantitative estimate of drug-likeness (QED) is 0.642. The Morgan fingerprint density at radius 1 is 1.15 bits per heavy atom. The number of nitrogens with two attached hydrogens (primary N) is 1. The van der Waals surface area contributed by atoms with E-state index in [1.54, 1.807) is 56.3 Å². The first-order valence-electron chi connectivity index (χ1n) is 8.42. The molecule has 5 N–H and O–H groups in total. The van der Waals surface area contributed by atoms with E-state index in [1.165, 1.54) is 0 Å². The largest absolute Gasteiger partial charge is 0.479 e. The molecule has 0 bridgehead atoms. The Kier molecular flexibility index (Phi) is 4.98. The molecule has 0 aromatic heterocycles. The van der Waals surface area contributed by atoms with Crippen LogP contribution in [0.3, 0.4) is 0 Å². The predicted molar refractivity (Wildman–Crippen MR) is 102 cm³/mol. The monoisotopic (exact) mass is 368 g/mol. The third-order valence-electron chi connectivity index (χ3n) is 4.12. The van der Waals surface area contributed by atoms with E-state index in [4.69, 9.17) is 10.5 Å². The molecule has 0 spiro atoms. The Balaban J connectivity index is 1.63. The summed E-state index contributed by atoms with van der Waals surface area (Å²) in [6.45, 7) is 3.39. The number of fused-ring (bicyclic) bond motifs is 1. The molecule has 3 rings (SSSR count). The predicted octanol–water partition coefficient (Wildman–Crippen LogP) is 1.94. The molecule has 27 heavy (non-hydrogen) atoms. The Labute approximate surface area is 156 Å². The Morgan fingerprint density at radius 2 is 1.81 bits per heavy atom. The highest BCUT2D eigenvalue weighted by Crippen LogP contribution is 2.32. The van der Waals surface area contributed by atoms with Gasteiger partial charge in [-0.1, -0.05) is 0 Å². The number of hydrogen-bond donors (Lipinski definition) is 4. The van der Waals surface area contributed by atoms with Gasteiger partial charge in [0.1, 0.15) is 11.8 Å². The van der Waals surface area contributed by atoms with Crippen LogP contribution in [0.4, 0.5) is 17.1 Å². The first-order chi connectivity index (χ1) is 12.8. The van der Waals surface area contributed by atoms with Crippen molar-refractivity contribution in [3.63, 3.8) is 0 Å². The van der Waals surface area contributed by atoms with Gasteiger partial charge in [0.25, 0.3) is 5.91 Å². The zero-order valence-electron chi connectivity index (χ0n) is 14.9. The van der Waals surface area contributed by atoms with Crippen LogP contribution in [-0.2, 0) is 9.59 Å². The minimum atomic E-state index is -0.544. The zero-order valence-corrected chi connectivity index (χ0v) is 14.9. The molecule has 140 valence electrons. The summed E-state index contributed by atoms with van der Waals surface area (Å²) in [6, 6.07) is 11.0. The molecule has 0 unspecified atom stereocenters. The molecule has 0 fully saturated rings. The fourth-order valence-electron chi connectivity index (χ4n) is 2.58. The first-order valence-corrected chi connectivity index (χ1v) is 8.42. The van der Waals surface area contributed by atoms with Gasteiger partial charge in [-0.3, -0.25) is 14.4 Å². The van der Waals surface area contributed by atoms with Gasteiger partial charge >= 0.3 is 0 Å². The van der Waals surface area contributed by atoms with E-state index >= 15 is 0 Å². The molecule has 1 heterocycles. The molecule has 2 aromatic carbocycles. The van der Waals surface area contributed by atoms with Crippen LogP contribution in [0.2, 0.25) is 0 Å². The summed E-state index contributed by atoms with van der Waals surface area (Å²) in [6.07, 6.45) is -0.540. The van der Waals surface area contributed by atoms with Crippen molar-refractivity contribution < 1.29 is 19.1 Å². The van der Waals surface area contributed by atoms with Crippen molar-refractivity contribution in [2.45, 2.75) is 26.0 Å². The highest BCUT2D eigenvalue weighted by molar-refractivity contribution is 5.99. The molecule has 2 aromatic rings. The number of benzene rings is 2. The number of primary amides is 1. The summed E-state index contributed by atoms with van der Waals surface area (Å²) < 4.78 is 5.50. The van der Waals surface area contributed by atoms with Crippen LogP contribution in [0.25, 0.3) is 0 Å². The zero-order chi connectivity index (χ0) is 19.6. The lowest BCUT2D eigenvalue weighted by Gasteiger charge is -2.24. The second kappa shape index (κ2) is 7.36. The molecular weight excluding hydrogens is 348 g/mol. The Bertz CT molecular complexity index is 895. The van der Waals surface area contributed by atoms with E-state index in [2.05, 4.69) is 16.0 Å². The summed E-state index contributed by atoms with van der Waals surface area (Å²) in [7, 11) is 0. The third kappa shape index (κ3) is 4.17. The van der Waals surface area contributed by atoms with Gasteiger partial charge in [-0.15, -0.1) is 0 Å². The number of carbonyl (C=O) groups excluding carboxylic acids is 3. The van der Waals surface area contributed by atoms with Crippen LogP contribution in [0.5, 0.6) is 5.75 Å². The standard InChI is InChI=1S/C19H20N4O4/c1-10(18(25)22-13-5-3-12(4-6-13)17(20)24)21-14-7-8-16-15(9-14)23-19(26)11(2)27-16/h3-11,21H,1-2H3,(H2,20,24)(H,22,25)(H,23,26)/t10-,11-/m1/s1. The van der Waals surface area contributed by atoms with Crippen LogP contribution >= 0.6 is 0 Å². The van der Waals surface area contributed by atoms with Crippen molar-refractivity contribution in [1.29, 1.82) is 0 Å². The van der Waals surface area contributed by atoms with Crippen molar-refractivity contribution in [1.82, 2.24) is 0 Å². The fraction of sp³-hybridized carbons (Fsp3) is 0.211. The van der Waals surface area contributed by atoms with Gasteiger partial charge in [0.15, 0.2) is 6.10 Å². The van der Waals surface area contributed by atoms with Crippen molar-refractivity contribution in [2.75, 3.05) is 16.0 Å².